The van der Waals surface area contributed by atoms with Gasteiger partial charge in [0.1, 0.15) is 13.2 Å². The number of nitrogens with two attached hydrogens (primary N) is 4. The second kappa shape index (κ2) is 22.2. The van der Waals surface area contributed by atoms with Gasteiger partial charge in [-0.3, -0.25) is 40.9 Å². The highest BCUT2D eigenvalue weighted by Gasteiger charge is 2.19. The molecule has 0 bridgehead atoms. The molecule has 0 saturated carbocycles. The summed E-state index contributed by atoms with van der Waals surface area (Å²) in [6.45, 7) is 0.625. The normalized spacial score (nSPS) is 10.0. The maximum absolute atomic E-state index is 12.2. The largest absolute Gasteiger partial charge is 0.759 e. The van der Waals surface area contributed by atoms with E-state index in [1.807, 2.05) is 60.7 Å². The van der Waals surface area contributed by atoms with Gasteiger partial charge in [-0.15, -0.1) is 0 Å². The summed E-state index contributed by atoms with van der Waals surface area (Å²) in [5, 5.41) is 4.69. The Bertz CT molecular complexity index is 1890. The van der Waals surface area contributed by atoms with Crippen LogP contribution in [0.2, 0.25) is 0 Å². The summed E-state index contributed by atoms with van der Waals surface area (Å²) >= 11 is 0. The summed E-state index contributed by atoms with van der Waals surface area (Å²) in [5.74, 6) is 1.09. The van der Waals surface area contributed by atoms with Gasteiger partial charge < -0.3 is 37.5 Å². The Morgan fingerprint density at radius 2 is 0.891 bits per heavy atom. The lowest BCUT2D eigenvalue weighted by molar-refractivity contribution is -0.510. The molecule has 0 aliphatic carbocycles. The van der Waals surface area contributed by atoms with Crippen molar-refractivity contribution in [3.63, 3.8) is 0 Å². The lowest BCUT2D eigenvalue weighted by Gasteiger charge is -2.15. The van der Waals surface area contributed by atoms with E-state index in [0.717, 1.165) is 11.1 Å². The van der Waals surface area contributed by atoms with Crippen molar-refractivity contribution in [1.29, 1.82) is 0 Å². The molecule has 4 aromatic carbocycles. The predicted octanol–water partition coefficient (Wildman–Crippen LogP) is -2.77. The Hall–Kier alpha value is -6.97. The van der Waals surface area contributed by atoms with Crippen LogP contribution >= 0.6 is 0 Å². The number of hydrogen-bond donors (Lipinski definition) is 8. The van der Waals surface area contributed by atoms with Gasteiger partial charge in [0.25, 0.3) is 11.8 Å². The molecule has 21 heteroatoms. The molecule has 0 aromatic heterocycles. The fourth-order valence-corrected chi connectivity index (χ4v) is 4.21. The average Bonchev–Trinajstić information content (AvgIpc) is 3.16. The maximum Gasteiger partial charge on any atom is 0.360 e. The number of guanidine groups is 2. The third kappa shape index (κ3) is 16.1. The first kappa shape index (κ1) is 44.2. The number of rotatable bonds is 14. The standard InChI is InChI=1S/2C17H20N4O4.H2O4S/c2*1-23-13-8-12(16(22)20-21-17(18)19)9-14(15(13)24-2)25-10-11-6-4-3-5-7-11;1-5(2,3)4/h2*3-9H,10H2,1-2H3,(H,20,22)(H4,18,19,21);(H2,1,2,3,4). The first-order chi connectivity index (χ1) is 26.1. The van der Waals surface area contributed by atoms with Gasteiger partial charge in [0.2, 0.25) is 11.5 Å². The third-order valence-electron chi connectivity index (χ3n) is 6.53. The monoisotopic (exact) mass is 786 g/mol. The fourth-order valence-electron chi connectivity index (χ4n) is 4.21. The Kier molecular flexibility index (Phi) is 17.8. The molecule has 0 spiro atoms. The molecule has 0 aliphatic heterocycles. The van der Waals surface area contributed by atoms with E-state index in [1.54, 1.807) is 12.1 Å². The highest BCUT2D eigenvalue weighted by molar-refractivity contribution is 7.79. The van der Waals surface area contributed by atoms with E-state index in [1.165, 1.54) is 40.6 Å². The summed E-state index contributed by atoms with van der Waals surface area (Å²) in [5.41, 5.74) is 28.3. The molecule has 20 nitrogen and oxygen atoms in total. The van der Waals surface area contributed by atoms with Gasteiger partial charge in [-0.05, 0) is 35.4 Å². The number of amides is 2. The van der Waals surface area contributed by atoms with E-state index in [0.29, 0.717) is 47.7 Å². The Morgan fingerprint density at radius 3 is 1.16 bits per heavy atom. The summed E-state index contributed by atoms with van der Waals surface area (Å²) in [6.07, 6.45) is 0. The number of hydrazine groups is 2. The Labute approximate surface area is 316 Å². The summed E-state index contributed by atoms with van der Waals surface area (Å²) < 4.78 is 67.0. The molecule has 12 N–H and O–H groups in total. The molecule has 4 aromatic rings. The molecule has 0 atom stereocenters. The maximum atomic E-state index is 12.2. The lowest BCUT2D eigenvalue weighted by atomic mass is 10.1. The number of carbonyl (C=O) groups is 2. The van der Waals surface area contributed by atoms with Crippen molar-refractivity contribution in [2.45, 2.75) is 13.2 Å². The summed E-state index contributed by atoms with van der Waals surface area (Å²) in [7, 11) is 0.784. The first-order valence-corrected chi connectivity index (χ1v) is 16.8. The number of nitrogens with one attached hydrogen (secondary N) is 4. The number of hydrogen-bond acceptors (Lipinski definition) is 12. The number of methoxy groups -OCH3 is 4. The van der Waals surface area contributed by atoms with Crippen molar-refractivity contribution in [2.24, 2.45) is 22.9 Å². The predicted molar refractivity (Wildman–Crippen MR) is 195 cm³/mol. The first-order valence-electron chi connectivity index (χ1n) is 15.5. The average molecular weight is 787 g/mol. The van der Waals surface area contributed by atoms with Gasteiger partial charge in [-0.1, -0.05) is 60.7 Å². The smallest absolute Gasteiger partial charge is 0.360 e. The Morgan fingerprint density at radius 1 is 0.582 bits per heavy atom. The van der Waals surface area contributed by atoms with Gasteiger partial charge in [0, 0.05) is 21.5 Å². The van der Waals surface area contributed by atoms with Crippen molar-refractivity contribution in [2.75, 3.05) is 28.4 Å². The highest BCUT2D eigenvalue weighted by atomic mass is 32.3. The molecule has 0 aliphatic rings. The van der Waals surface area contributed by atoms with E-state index in [4.69, 9.17) is 68.9 Å². The van der Waals surface area contributed by atoms with E-state index in [9.17, 15) is 9.59 Å². The SMILES string of the molecule is COc1cc(C(=O)N[NH+]=C(N)N)cc(OCc2ccccc2)c1OC.COc1cc(C(=O)N[NH+]=C(N)N)cc(OCc2ccccc2)c1OC.O=S(=O)([O-])[O-]. The van der Waals surface area contributed by atoms with Crippen molar-refractivity contribution < 1.29 is 65.7 Å². The van der Waals surface area contributed by atoms with Crippen LogP contribution in [0.25, 0.3) is 0 Å². The van der Waals surface area contributed by atoms with Crippen LogP contribution in [0.1, 0.15) is 31.8 Å². The summed E-state index contributed by atoms with van der Waals surface area (Å²) in [6, 6.07) is 25.4. The molecule has 4 rings (SSSR count). The highest BCUT2D eigenvalue weighted by Crippen LogP contribution is 2.40. The molecule has 55 heavy (non-hydrogen) atoms. The second-order valence-corrected chi connectivity index (χ2v) is 11.3. The fraction of sp³-hybridized carbons (Fsp3) is 0.176. The van der Waals surface area contributed by atoms with Crippen LogP contribution in [-0.4, -0.2) is 69.7 Å². The number of benzene rings is 4. The molecule has 0 fully saturated rings. The van der Waals surface area contributed by atoms with Gasteiger partial charge >= 0.3 is 11.9 Å². The van der Waals surface area contributed by atoms with Crippen LogP contribution in [0.3, 0.4) is 0 Å². The van der Waals surface area contributed by atoms with E-state index < -0.39 is 22.2 Å². The number of hydrazone groups is 2. The third-order valence-corrected chi connectivity index (χ3v) is 6.53. The zero-order chi connectivity index (χ0) is 41.0. The molecular formula is C34H42N8O12S. The minimum atomic E-state index is -5.17. The van der Waals surface area contributed by atoms with Crippen LogP contribution in [-0.2, 0) is 23.6 Å². The van der Waals surface area contributed by atoms with Crippen molar-refractivity contribution in [3.8, 4) is 34.5 Å². The lowest BCUT2D eigenvalue weighted by Crippen LogP contribution is -2.88. The molecule has 0 radical (unpaired) electrons. The molecule has 296 valence electrons. The van der Waals surface area contributed by atoms with Gasteiger partial charge in [-0.25, -0.2) is 10.9 Å². The number of ether oxygens (including phenoxy) is 6. The van der Waals surface area contributed by atoms with Crippen LogP contribution in [0, 0.1) is 0 Å². The molecule has 0 unspecified atom stereocenters. The molecule has 0 saturated heterocycles. The number of carbonyl (C=O) groups excluding carboxylic acids is 2. The summed E-state index contributed by atoms with van der Waals surface area (Å²) in [4.78, 5) is 24.4. The van der Waals surface area contributed by atoms with Gasteiger partial charge in [-0.2, -0.15) is 10.2 Å². The van der Waals surface area contributed by atoms with Crippen LogP contribution in [0.4, 0.5) is 0 Å². The van der Waals surface area contributed by atoms with Crippen LogP contribution in [0.5, 0.6) is 34.5 Å². The minimum Gasteiger partial charge on any atom is -0.759 e. The van der Waals surface area contributed by atoms with Gasteiger partial charge in [0.05, 0.1) is 28.4 Å². The minimum absolute atomic E-state index is 0.130. The topological polar surface area (TPSA) is 326 Å². The molecule has 0 heterocycles. The van der Waals surface area contributed by atoms with E-state index >= 15 is 0 Å². The van der Waals surface area contributed by atoms with Crippen molar-refractivity contribution in [1.82, 2.24) is 10.9 Å². The second-order valence-electron chi connectivity index (χ2n) is 10.4. The Balaban J connectivity index is 0.000000338. The van der Waals surface area contributed by atoms with Crippen molar-refractivity contribution >= 4 is 34.1 Å². The molecule has 2 amide bonds. The quantitative estimate of drug-likeness (QED) is 0.0211. The molecular weight excluding hydrogens is 744 g/mol. The van der Waals surface area contributed by atoms with Crippen LogP contribution < -0.4 is 72.4 Å². The zero-order valence-corrected chi connectivity index (χ0v) is 30.9. The van der Waals surface area contributed by atoms with Crippen LogP contribution in [0.15, 0.2) is 84.9 Å². The van der Waals surface area contributed by atoms with Crippen molar-refractivity contribution in [3.05, 3.63) is 107 Å². The van der Waals surface area contributed by atoms with E-state index in [2.05, 4.69) is 21.1 Å². The zero-order valence-electron chi connectivity index (χ0n) is 30.1. The van der Waals surface area contributed by atoms with E-state index in [-0.39, 0.29) is 23.0 Å². The van der Waals surface area contributed by atoms with Gasteiger partial charge in [0.15, 0.2) is 23.0 Å².